The molecule has 0 spiro atoms. The number of nitrogens with two attached hydrogens (primary N) is 2. The van der Waals surface area contributed by atoms with Gasteiger partial charge in [-0.1, -0.05) is 5.22 Å². The van der Waals surface area contributed by atoms with Crippen LogP contribution in [0.4, 0.5) is 11.4 Å². The fraction of sp³-hybridized carbons (Fsp3) is 0.250. The summed E-state index contributed by atoms with van der Waals surface area (Å²) in [7, 11) is 1.61. The summed E-state index contributed by atoms with van der Waals surface area (Å²) in [6.45, 7) is 0.452. The van der Waals surface area contributed by atoms with Gasteiger partial charge < -0.3 is 16.0 Å². The first-order valence-electron chi connectivity index (χ1n) is 4.01. The Hall–Kier alpha value is -1.66. The number of benzene rings is 1. The van der Waals surface area contributed by atoms with Crippen LogP contribution in [0.1, 0.15) is 5.56 Å². The molecule has 0 radical (unpaired) electrons. The van der Waals surface area contributed by atoms with Crippen molar-refractivity contribution in [1.29, 1.82) is 0 Å². The lowest BCUT2D eigenvalue weighted by molar-refractivity contribution is 0.185. The lowest BCUT2D eigenvalue weighted by atomic mass is 10.1. The second-order valence-corrected chi connectivity index (χ2v) is 2.63. The van der Waals surface area contributed by atoms with E-state index < -0.39 is 0 Å². The summed E-state index contributed by atoms with van der Waals surface area (Å²) in [6.07, 6.45) is 0. The maximum atomic E-state index is 5.32. The number of nitrogens with zero attached hydrogens (tertiary/aromatic N) is 2. The molecular weight excluding hydrogens is 182 g/mol. The van der Waals surface area contributed by atoms with Gasteiger partial charge in [-0.2, -0.15) is 0 Å². The van der Waals surface area contributed by atoms with Crippen LogP contribution < -0.4 is 17.1 Å². The molecule has 1 aromatic rings. The summed E-state index contributed by atoms with van der Waals surface area (Å²) in [5.41, 5.74) is 4.93. The number of nitrogens with one attached hydrogen (secondary N) is 1. The van der Waals surface area contributed by atoms with Crippen LogP contribution in [0.3, 0.4) is 0 Å². The molecule has 0 saturated heterocycles. The molecule has 0 aromatic heterocycles. The minimum atomic E-state index is 0.452. The number of hydrogen-bond donors (Lipinski definition) is 3. The van der Waals surface area contributed by atoms with E-state index >= 15 is 0 Å². The molecular formula is C8H13N5O. The highest BCUT2D eigenvalue weighted by molar-refractivity contribution is 5.56. The van der Waals surface area contributed by atoms with Crippen molar-refractivity contribution in [3.05, 3.63) is 23.8 Å². The number of anilines is 1. The molecule has 0 bridgehead atoms. The Labute approximate surface area is 81.9 Å². The van der Waals surface area contributed by atoms with Gasteiger partial charge in [-0.15, -0.1) is 5.11 Å². The van der Waals surface area contributed by atoms with Crippen LogP contribution in [-0.2, 0) is 11.3 Å². The lowest BCUT2D eigenvalue weighted by Gasteiger charge is -2.07. The van der Waals surface area contributed by atoms with E-state index in [4.69, 9.17) is 16.4 Å². The van der Waals surface area contributed by atoms with Crippen LogP contribution in [0.25, 0.3) is 0 Å². The first kappa shape index (κ1) is 10.4. The van der Waals surface area contributed by atoms with Crippen molar-refractivity contribution < 1.29 is 4.74 Å². The molecule has 6 nitrogen and oxygen atoms in total. The summed E-state index contributed by atoms with van der Waals surface area (Å²) in [5, 5.41) is 6.90. The number of ether oxygens (including phenoxy) is 1. The predicted octanol–water partition coefficient (Wildman–Crippen LogP) is 1.08. The van der Waals surface area contributed by atoms with E-state index in [-0.39, 0.29) is 0 Å². The van der Waals surface area contributed by atoms with Gasteiger partial charge in [-0.3, -0.25) is 5.84 Å². The zero-order valence-electron chi connectivity index (χ0n) is 7.90. The Morgan fingerprint density at radius 2 is 2.29 bits per heavy atom. The highest BCUT2D eigenvalue weighted by Crippen LogP contribution is 2.22. The second kappa shape index (κ2) is 5.15. The molecule has 0 unspecified atom stereocenters. The monoisotopic (exact) mass is 195 g/mol. The van der Waals surface area contributed by atoms with E-state index in [1.54, 1.807) is 25.3 Å². The highest BCUT2D eigenvalue weighted by Gasteiger charge is 2.02. The molecule has 5 N–H and O–H groups in total. The number of hydrazine groups is 1. The largest absolute Gasteiger partial charge is 0.380 e. The number of nitrogen functional groups attached to an aromatic ring is 1. The molecule has 1 aromatic carbocycles. The SMILES string of the molecule is COCc1cc(N=NN)ccc1NN. The zero-order valence-corrected chi connectivity index (χ0v) is 7.90. The van der Waals surface area contributed by atoms with Gasteiger partial charge in [-0.05, 0) is 18.2 Å². The van der Waals surface area contributed by atoms with Gasteiger partial charge in [-0.25, -0.2) is 0 Å². The van der Waals surface area contributed by atoms with E-state index in [1.807, 2.05) is 0 Å². The van der Waals surface area contributed by atoms with Crippen molar-refractivity contribution >= 4 is 11.4 Å². The number of rotatable bonds is 4. The van der Waals surface area contributed by atoms with Crippen molar-refractivity contribution in [3.63, 3.8) is 0 Å². The van der Waals surface area contributed by atoms with E-state index in [9.17, 15) is 0 Å². The second-order valence-electron chi connectivity index (χ2n) is 2.63. The first-order valence-corrected chi connectivity index (χ1v) is 4.01. The molecule has 0 aliphatic rings. The molecule has 0 aliphatic carbocycles. The molecule has 6 heteroatoms. The molecule has 76 valence electrons. The zero-order chi connectivity index (χ0) is 10.4. The molecule has 0 atom stereocenters. The summed E-state index contributed by atoms with van der Waals surface area (Å²) in [4.78, 5) is 0. The average molecular weight is 195 g/mol. The summed E-state index contributed by atoms with van der Waals surface area (Å²) < 4.78 is 5.00. The van der Waals surface area contributed by atoms with Gasteiger partial charge in [0.1, 0.15) is 0 Å². The van der Waals surface area contributed by atoms with Crippen molar-refractivity contribution in [3.8, 4) is 0 Å². The quantitative estimate of drug-likeness (QED) is 0.380. The van der Waals surface area contributed by atoms with Crippen LogP contribution in [0, 0.1) is 0 Å². The van der Waals surface area contributed by atoms with Crippen molar-refractivity contribution in [2.75, 3.05) is 12.5 Å². The van der Waals surface area contributed by atoms with Gasteiger partial charge in [0.2, 0.25) is 0 Å². The Balaban J connectivity index is 3.00. The van der Waals surface area contributed by atoms with Gasteiger partial charge in [0, 0.05) is 12.7 Å². The van der Waals surface area contributed by atoms with Gasteiger partial charge in [0.25, 0.3) is 0 Å². The van der Waals surface area contributed by atoms with E-state index in [0.29, 0.717) is 12.3 Å². The molecule has 14 heavy (non-hydrogen) atoms. The third-order valence-electron chi connectivity index (χ3n) is 1.72. The van der Waals surface area contributed by atoms with Crippen molar-refractivity contribution in [2.45, 2.75) is 6.61 Å². The Morgan fingerprint density at radius 3 is 2.86 bits per heavy atom. The maximum Gasteiger partial charge on any atom is 0.0879 e. The normalized spacial score (nSPS) is 10.7. The van der Waals surface area contributed by atoms with Gasteiger partial charge in [0.15, 0.2) is 0 Å². The van der Waals surface area contributed by atoms with Crippen molar-refractivity contribution in [1.82, 2.24) is 0 Å². The molecule has 0 heterocycles. The van der Waals surface area contributed by atoms with Crippen molar-refractivity contribution in [2.24, 2.45) is 22.0 Å². The van der Waals surface area contributed by atoms with Crippen LogP contribution >= 0.6 is 0 Å². The third kappa shape index (κ3) is 2.41. The Morgan fingerprint density at radius 1 is 1.50 bits per heavy atom. The summed E-state index contributed by atoms with van der Waals surface area (Å²) >= 11 is 0. The minimum absolute atomic E-state index is 0.452. The van der Waals surface area contributed by atoms with E-state index in [0.717, 1.165) is 11.3 Å². The standard InChI is InChI=1S/C8H13N5O/c1-14-5-6-4-7(12-13-10)2-3-8(6)11-9/h2-4,11H,5,9H2,1H3,(H2,10,12). The van der Waals surface area contributed by atoms with E-state index in [1.165, 1.54) is 0 Å². The predicted molar refractivity (Wildman–Crippen MR) is 53.7 cm³/mol. The molecule has 0 aliphatic heterocycles. The smallest absolute Gasteiger partial charge is 0.0879 e. The van der Waals surface area contributed by atoms with Crippen LogP contribution in [0.15, 0.2) is 28.5 Å². The number of methoxy groups -OCH3 is 1. The van der Waals surface area contributed by atoms with E-state index in [2.05, 4.69) is 15.8 Å². The Kier molecular flexibility index (Phi) is 3.84. The molecule has 1 rings (SSSR count). The summed E-state index contributed by atoms with van der Waals surface area (Å²) in [6, 6.07) is 5.35. The minimum Gasteiger partial charge on any atom is -0.380 e. The summed E-state index contributed by atoms with van der Waals surface area (Å²) in [5.74, 6) is 10.3. The average Bonchev–Trinajstić information content (AvgIpc) is 2.19. The number of hydrogen-bond acceptors (Lipinski definition) is 5. The van der Waals surface area contributed by atoms with Crippen LogP contribution in [0.2, 0.25) is 0 Å². The Bertz CT molecular complexity index is 326. The first-order chi connectivity index (χ1) is 6.81. The molecule has 0 fully saturated rings. The van der Waals surface area contributed by atoms with Crippen LogP contribution in [0.5, 0.6) is 0 Å². The topological polar surface area (TPSA) is 98.0 Å². The fourth-order valence-electron chi connectivity index (χ4n) is 1.12. The van der Waals surface area contributed by atoms with Crippen LogP contribution in [-0.4, -0.2) is 7.11 Å². The maximum absolute atomic E-state index is 5.32. The fourth-order valence-corrected chi connectivity index (χ4v) is 1.12. The molecule has 0 amide bonds. The lowest BCUT2D eigenvalue weighted by Crippen LogP contribution is -2.09. The molecule has 0 saturated carbocycles. The third-order valence-corrected chi connectivity index (χ3v) is 1.72. The van der Waals surface area contributed by atoms with Gasteiger partial charge >= 0.3 is 0 Å². The highest BCUT2D eigenvalue weighted by atomic mass is 16.5. The van der Waals surface area contributed by atoms with Gasteiger partial charge in [0.05, 0.1) is 18.0 Å².